The monoisotopic (exact) mass is 289 g/mol. The molecule has 0 aliphatic rings. The van der Waals surface area contributed by atoms with Gasteiger partial charge in [0.2, 0.25) is 0 Å². The average molecular weight is 289 g/mol. The van der Waals surface area contributed by atoms with E-state index < -0.39 is 6.10 Å². The Labute approximate surface area is 125 Å². The van der Waals surface area contributed by atoms with E-state index in [1.54, 1.807) is 25.1 Å². The number of carbonyl (C=O) groups is 1. The zero-order chi connectivity index (χ0) is 15.8. The summed E-state index contributed by atoms with van der Waals surface area (Å²) in [6.45, 7) is 5.92. The fourth-order valence-electron chi connectivity index (χ4n) is 1.95. The highest BCUT2D eigenvalue weighted by Crippen LogP contribution is 2.24. The van der Waals surface area contributed by atoms with Gasteiger partial charge in [-0.05, 0) is 31.5 Å². The fourth-order valence-corrected chi connectivity index (χ4v) is 1.95. The molecule has 0 aliphatic heterocycles. The van der Waals surface area contributed by atoms with Crippen LogP contribution in [-0.4, -0.2) is 17.7 Å². The van der Waals surface area contributed by atoms with Crippen LogP contribution < -0.4 is 5.73 Å². The number of carbonyl (C=O) groups excluding carboxylic acids is 1. The molecule has 0 amide bonds. The van der Waals surface area contributed by atoms with Crippen LogP contribution in [0.1, 0.15) is 32.4 Å². The Morgan fingerprint density at radius 3 is 2.52 bits per heavy atom. The maximum atomic E-state index is 11.2. The Morgan fingerprint density at radius 2 is 1.95 bits per heavy atom. The molecule has 4 nitrogen and oxygen atoms in total. The van der Waals surface area contributed by atoms with Gasteiger partial charge in [-0.3, -0.25) is 0 Å². The first kappa shape index (κ1) is 17.0. The summed E-state index contributed by atoms with van der Waals surface area (Å²) in [5.74, 6) is -0.447. The lowest BCUT2D eigenvalue weighted by molar-refractivity contribution is -0.137. The number of nitrogens with two attached hydrogens (primary N) is 1. The van der Waals surface area contributed by atoms with Gasteiger partial charge in [0.25, 0.3) is 0 Å². The lowest BCUT2D eigenvalue weighted by Crippen LogP contribution is -2.07. The second-order valence-corrected chi connectivity index (χ2v) is 4.97. The summed E-state index contributed by atoms with van der Waals surface area (Å²) in [5.41, 5.74) is 8.01. The smallest absolute Gasteiger partial charge is 0.330 e. The highest BCUT2D eigenvalue weighted by atomic mass is 16.5. The first-order valence-electron chi connectivity index (χ1n) is 7.00. The van der Waals surface area contributed by atoms with Crippen LogP contribution in [0.2, 0.25) is 0 Å². The van der Waals surface area contributed by atoms with Crippen molar-refractivity contribution < 1.29 is 14.6 Å². The molecule has 114 valence electrons. The molecule has 0 bridgehead atoms. The molecule has 1 rings (SSSR count). The van der Waals surface area contributed by atoms with E-state index in [0.717, 1.165) is 11.1 Å². The Kier molecular flexibility index (Phi) is 6.69. The second kappa shape index (κ2) is 8.27. The van der Waals surface area contributed by atoms with E-state index in [-0.39, 0.29) is 11.9 Å². The molecule has 1 aromatic carbocycles. The zero-order valence-corrected chi connectivity index (χ0v) is 12.7. The number of benzene rings is 1. The zero-order valence-electron chi connectivity index (χ0n) is 12.7. The maximum Gasteiger partial charge on any atom is 0.330 e. The minimum Gasteiger partial charge on any atom is -0.463 e. The third kappa shape index (κ3) is 5.83. The minimum absolute atomic E-state index is 0.0829. The van der Waals surface area contributed by atoms with Crippen molar-refractivity contribution in [1.29, 1.82) is 0 Å². The van der Waals surface area contributed by atoms with Crippen molar-refractivity contribution in [2.75, 3.05) is 12.3 Å². The first-order valence-corrected chi connectivity index (χ1v) is 7.00. The van der Waals surface area contributed by atoms with Gasteiger partial charge in [0.1, 0.15) is 0 Å². The minimum atomic E-state index is -0.614. The third-order valence-electron chi connectivity index (χ3n) is 3.07. The first-order chi connectivity index (χ1) is 9.93. The molecule has 1 aromatic rings. The van der Waals surface area contributed by atoms with Gasteiger partial charge < -0.3 is 15.6 Å². The molecule has 0 radical (unpaired) electrons. The van der Waals surface area contributed by atoms with Gasteiger partial charge >= 0.3 is 5.97 Å². The quantitative estimate of drug-likeness (QED) is 0.365. The molecule has 0 fully saturated rings. The summed E-state index contributed by atoms with van der Waals surface area (Å²) in [5, 5.41) is 10.3. The molecule has 0 saturated heterocycles. The predicted octanol–water partition coefficient (Wildman–Crippen LogP) is 3.00. The van der Waals surface area contributed by atoms with Gasteiger partial charge in [-0.25, -0.2) is 4.79 Å². The van der Waals surface area contributed by atoms with Gasteiger partial charge in [-0.15, -0.1) is 0 Å². The van der Waals surface area contributed by atoms with Crippen molar-refractivity contribution >= 4 is 11.7 Å². The maximum absolute atomic E-state index is 11.2. The molecule has 3 N–H and O–H groups in total. The number of rotatable bonds is 6. The van der Waals surface area contributed by atoms with Gasteiger partial charge in [0, 0.05) is 17.7 Å². The number of anilines is 1. The predicted molar refractivity (Wildman–Crippen MR) is 84.5 cm³/mol. The summed E-state index contributed by atoms with van der Waals surface area (Å²) in [7, 11) is 0. The highest BCUT2D eigenvalue weighted by Gasteiger charge is 2.14. The summed E-state index contributed by atoms with van der Waals surface area (Å²) < 4.78 is 4.81. The number of ether oxygens (including phenoxy) is 1. The molecular formula is C17H23NO3. The van der Waals surface area contributed by atoms with E-state index in [0.29, 0.717) is 12.3 Å². The van der Waals surface area contributed by atoms with E-state index in [9.17, 15) is 9.90 Å². The fraction of sp³-hybridized carbons (Fsp3) is 0.353. The molecule has 2 atom stereocenters. The van der Waals surface area contributed by atoms with Crippen molar-refractivity contribution in [1.82, 2.24) is 0 Å². The van der Waals surface area contributed by atoms with Crippen molar-refractivity contribution in [3.8, 4) is 0 Å². The molecule has 0 aliphatic carbocycles. The van der Waals surface area contributed by atoms with Crippen molar-refractivity contribution in [3.63, 3.8) is 0 Å². The van der Waals surface area contributed by atoms with E-state index in [1.165, 1.54) is 6.08 Å². The molecule has 0 heterocycles. The molecule has 0 saturated carbocycles. The number of hydrogen-bond acceptors (Lipinski definition) is 4. The van der Waals surface area contributed by atoms with Crippen LogP contribution in [0, 0.1) is 5.92 Å². The topological polar surface area (TPSA) is 72.5 Å². The number of hydrogen-bond donors (Lipinski definition) is 2. The van der Waals surface area contributed by atoms with Crippen LogP contribution in [0.3, 0.4) is 0 Å². The van der Waals surface area contributed by atoms with E-state index in [2.05, 4.69) is 0 Å². The second-order valence-electron chi connectivity index (χ2n) is 4.97. The SMILES string of the molecule is CCOC(=O)/C=C/C(C)=C/[C@@H](C)[C@@H](O)c1ccc(N)cc1. The van der Waals surface area contributed by atoms with Crippen LogP contribution in [0.25, 0.3) is 0 Å². The van der Waals surface area contributed by atoms with Crippen LogP contribution in [-0.2, 0) is 9.53 Å². The van der Waals surface area contributed by atoms with Crippen molar-refractivity contribution in [3.05, 3.63) is 53.6 Å². The van der Waals surface area contributed by atoms with E-state index in [4.69, 9.17) is 10.5 Å². The van der Waals surface area contributed by atoms with Crippen LogP contribution >= 0.6 is 0 Å². The molecule has 21 heavy (non-hydrogen) atoms. The molecule has 4 heteroatoms. The summed E-state index contributed by atoms with van der Waals surface area (Å²) in [6, 6.07) is 7.16. The van der Waals surface area contributed by atoms with Gasteiger partial charge in [-0.2, -0.15) is 0 Å². The van der Waals surface area contributed by atoms with Crippen LogP contribution in [0.15, 0.2) is 48.1 Å². The van der Waals surface area contributed by atoms with E-state index >= 15 is 0 Å². The largest absolute Gasteiger partial charge is 0.463 e. The van der Waals surface area contributed by atoms with Gasteiger partial charge in [0.05, 0.1) is 12.7 Å². The van der Waals surface area contributed by atoms with Gasteiger partial charge in [-0.1, -0.05) is 36.8 Å². The molecule has 0 aromatic heterocycles. The Hall–Kier alpha value is -2.07. The number of allylic oxidation sites excluding steroid dienone is 2. The highest BCUT2D eigenvalue weighted by molar-refractivity contribution is 5.82. The number of nitrogen functional groups attached to an aromatic ring is 1. The Morgan fingerprint density at radius 1 is 1.33 bits per heavy atom. The number of esters is 1. The molecular weight excluding hydrogens is 266 g/mol. The third-order valence-corrected chi connectivity index (χ3v) is 3.07. The number of aliphatic hydroxyl groups is 1. The Balaban J connectivity index is 2.69. The standard InChI is InChI=1S/C17H23NO3/c1-4-21-16(19)10-5-12(2)11-13(3)17(20)14-6-8-15(18)9-7-14/h5-11,13,17,20H,4,18H2,1-3H3/b10-5+,12-11+/t13-,17-/m1/s1. The Bertz CT molecular complexity index is 517. The van der Waals surface area contributed by atoms with Gasteiger partial charge in [0.15, 0.2) is 0 Å². The number of aliphatic hydroxyl groups excluding tert-OH is 1. The van der Waals surface area contributed by atoms with Crippen molar-refractivity contribution in [2.45, 2.75) is 26.9 Å². The molecule has 0 spiro atoms. The summed E-state index contributed by atoms with van der Waals surface area (Å²) in [6.07, 6.45) is 4.37. The van der Waals surface area contributed by atoms with Crippen LogP contribution in [0.5, 0.6) is 0 Å². The van der Waals surface area contributed by atoms with E-state index in [1.807, 2.05) is 32.1 Å². The summed E-state index contributed by atoms with van der Waals surface area (Å²) in [4.78, 5) is 11.2. The average Bonchev–Trinajstić information content (AvgIpc) is 2.45. The summed E-state index contributed by atoms with van der Waals surface area (Å²) >= 11 is 0. The lowest BCUT2D eigenvalue weighted by Gasteiger charge is -2.16. The molecule has 0 unspecified atom stereocenters. The van der Waals surface area contributed by atoms with Crippen molar-refractivity contribution in [2.24, 2.45) is 5.92 Å². The normalized spacial score (nSPS) is 15.0. The van der Waals surface area contributed by atoms with Crippen LogP contribution in [0.4, 0.5) is 5.69 Å². The lowest BCUT2D eigenvalue weighted by atomic mass is 9.95.